The number of hydrogen-bond acceptors (Lipinski definition) is 3. The fourth-order valence-corrected chi connectivity index (χ4v) is 4.14. The molecule has 0 aromatic heterocycles. The monoisotopic (exact) mass is 288 g/mol. The van der Waals surface area contributed by atoms with Gasteiger partial charge in [-0.15, -0.1) is 0 Å². The van der Waals surface area contributed by atoms with Crippen molar-refractivity contribution < 1.29 is 4.74 Å². The van der Waals surface area contributed by atoms with Crippen LogP contribution in [0.2, 0.25) is 0 Å². The molecular formula is C18H28N2O. The highest BCUT2D eigenvalue weighted by Gasteiger charge is 2.33. The minimum atomic E-state index is 0.107. The third-order valence-electron chi connectivity index (χ3n) is 5.51. The molecule has 0 heterocycles. The number of methoxy groups -OCH3 is 1. The maximum absolute atomic E-state index is 6.62. The van der Waals surface area contributed by atoms with Crippen molar-refractivity contribution in [2.24, 2.45) is 5.73 Å². The zero-order valence-electron chi connectivity index (χ0n) is 13.3. The van der Waals surface area contributed by atoms with E-state index >= 15 is 0 Å². The summed E-state index contributed by atoms with van der Waals surface area (Å²) in [6.45, 7) is 0. The number of nitrogens with zero attached hydrogens (tertiary/aromatic N) is 1. The van der Waals surface area contributed by atoms with Crippen molar-refractivity contribution in [3.8, 4) is 5.75 Å². The van der Waals surface area contributed by atoms with E-state index in [1.54, 1.807) is 7.11 Å². The quantitative estimate of drug-likeness (QED) is 0.927. The maximum atomic E-state index is 6.62. The number of hydrogen-bond donors (Lipinski definition) is 1. The van der Waals surface area contributed by atoms with Crippen LogP contribution in [0, 0.1) is 0 Å². The molecule has 2 aliphatic carbocycles. The highest BCUT2D eigenvalue weighted by molar-refractivity contribution is 5.40. The molecule has 2 atom stereocenters. The molecule has 3 rings (SSSR count). The first-order chi connectivity index (χ1) is 10.2. The van der Waals surface area contributed by atoms with E-state index in [0.717, 1.165) is 18.2 Å². The smallest absolute Gasteiger partial charge is 0.119 e. The minimum absolute atomic E-state index is 0.107. The number of nitrogens with two attached hydrogens (primary N) is 1. The van der Waals surface area contributed by atoms with E-state index in [4.69, 9.17) is 10.5 Å². The maximum Gasteiger partial charge on any atom is 0.119 e. The van der Waals surface area contributed by atoms with Crippen molar-refractivity contribution in [2.75, 3.05) is 14.2 Å². The van der Waals surface area contributed by atoms with Crippen molar-refractivity contribution in [1.82, 2.24) is 4.90 Å². The van der Waals surface area contributed by atoms with Gasteiger partial charge < -0.3 is 10.5 Å². The third kappa shape index (κ3) is 2.95. The molecule has 21 heavy (non-hydrogen) atoms. The van der Waals surface area contributed by atoms with Gasteiger partial charge in [0.1, 0.15) is 5.75 Å². The average molecular weight is 288 g/mol. The summed E-state index contributed by atoms with van der Waals surface area (Å²) in [6.07, 6.45) is 9.14. The Hall–Kier alpha value is -1.06. The Kier molecular flexibility index (Phi) is 4.51. The average Bonchev–Trinajstić information content (AvgIpc) is 2.55. The topological polar surface area (TPSA) is 38.5 Å². The van der Waals surface area contributed by atoms with Crippen molar-refractivity contribution in [3.63, 3.8) is 0 Å². The number of fused-ring (bicyclic) bond motifs is 1. The second-order valence-corrected chi connectivity index (χ2v) is 6.65. The van der Waals surface area contributed by atoms with Crippen LogP contribution in [0.3, 0.4) is 0 Å². The fraction of sp³-hybridized carbons (Fsp3) is 0.667. The van der Waals surface area contributed by atoms with Gasteiger partial charge >= 0.3 is 0 Å². The lowest BCUT2D eigenvalue weighted by molar-refractivity contribution is 0.109. The van der Waals surface area contributed by atoms with Crippen molar-refractivity contribution >= 4 is 0 Å². The van der Waals surface area contributed by atoms with Crippen molar-refractivity contribution in [2.45, 2.75) is 63.1 Å². The van der Waals surface area contributed by atoms with E-state index in [9.17, 15) is 0 Å². The van der Waals surface area contributed by atoms with Gasteiger partial charge in [-0.25, -0.2) is 0 Å². The first-order valence-electron chi connectivity index (χ1n) is 8.35. The molecule has 0 spiro atoms. The molecule has 1 saturated carbocycles. The molecule has 0 aliphatic heterocycles. The van der Waals surface area contributed by atoms with Crippen LogP contribution < -0.4 is 10.5 Å². The van der Waals surface area contributed by atoms with Crippen LogP contribution in [0.4, 0.5) is 0 Å². The standard InChI is InChI=1S/C18H28N2O/c1-20(14-6-4-3-5-7-14)17-11-9-13-8-10-15(21-2)12-16(13)18(17)19/h8,10,12,14,17-18H,3-7,9,11,19H2,1-2H3. The van der Waals surface area contributed by atoms with Crippen LogP contribution in [-0.2, 0) is 6.42 Å². The van der Waals surface area contributed by atoms with Crippen LogP contribution >= 0.6 is 0 Å². The van der Waals surface area contributed by atoms with Crippen LogP contribution in [0.25, 0.3) is 0 Å². The van der Waals surface area contributed by atoms with Crippen molar-refractivity contribution in [1.29, 1.82) is 0 Å². The highest BCUT2D eigenvalue weighted by atomic mass is 16.5. The van der Waals surface area contributed by atoms with Gasteiger partial charge in [-0.3, -0.25) is 4.90 Å². The second kappa shape index (κ2) is 6.37. The lowest BCUT2D eigenvalue weighted by Gasteiger charge is -2.42. The first kappa shape index (κ1) is 14.9. The molecule has 0 amide bonds. The number of ether oxygens (including phenoxy) is 1. The van der Waals surface area contributed by atoms with Gasteiger partial charge in [0.15, 0.2) is 0 Å². The van der Waals surface area contributed by atoms with Gasteiger partial charge in [-0.05, 0) is 56.0 Å². The van der Waals surface area contributed by atoms with E-state index in [1.165, 1.54) is 49.7 Å². The highest BCUT2D eigenvalue weighted by Crippen LogP contribution is 2.35. The van der Waals surface area contributed by atoms with Crippen LogP contribution in [-0.4, -0.2) is 31.1 Å². The molecule has 1 aromatic carbocycles. The molecule has 116 valence electrons. The van der Waals surface area contributed by atoms with Gasteiger partial charge in [0, 0.05) is 18.1 Å². The molecule has 2 N–H and O–H groups in total. The van der Waals surface area contributed by atoms with E-state index in [0.29, 0.717) is 6.04 Å². The zero-order chi connectivity index (χ0) is 14.8. The second-order valence-electron chi connectivity index (χ2n) is 6.65. The van der Waals surface area contributed by atoms with E-state index in [-0.39, 0.29) is 6.04 Å². The van der Waals surface area contributed by atoms with Gasteiger partial charge in [-0.2, -0.15) is 0 Å². The zero-order valence-corrected chi connectivity index (χ0v) is 13.3. The molecule has 2 unspecified atom stereocenters. The number of rotatable bonds is 3. The summed E-state index contributed by atoms with van der Waals surface area (Å²) < 4.78 is 5.37. The Morgan fingerprint density at radius 2 is 1.90 bits per heavy atom. The van der Waals surface area contributed by atoms with Gasteiger partial charge in [0.05, 0.1) is 7.11 Å². The van der Waals surface area contributed by atoms with Crippen LogP contribution in [0.5, 0.6) is 5.75 Å². The molecule has 0 saturated heterocycles. The normalized spacial score (nSPS) is 26.7. The summed E-state index contributed by atoms with van der Waals surface area (Å²) in [6, 6.07) is 7.67. The Bertz CT molecular complexity index is 482. The van der Waals surface area contributed by atoms with E-state index in [2.05, 4.69) is 30.1 Å². The number of likely N-dealkylation sites (N-methyl/N-ethyl adjacent to an activating group) is 1. The Morgan fingerprint density at radius 1 is 1.14 bits per heavy atom. The Balaban J connectivity index is 1.78. The molecule has 3 heteroatoms. The lowest BCUT2D eigenvalue weighted by atomic mass is 9.82. The van der Waals surface area contributed by atoms with Crippen molar-refractivity contribution in [3.05, 3.63) is 29.3 Å². The SMILES string of the molecule is COc1ccc2c(c1)C(N)C(N(C)C1CCCCC1)CC2. The third-order valence-corrected chi connectivity index (χ3v) is 5.51. The molecule has 0 radical (unpaired) electrons. The molecule has 1 fully saturated rings. The van der Waals surface area contributed by atoms with Gasteiger partial charge in [0.2, 0.25) is 0 Å². The summed E-state index contributed by atoms with van der Waals surface area (Å²) in [5, 5.41) is 0. The minimum Gasteiger partial charge on any atom is -0.497 e. The predicted octanol–water partition coefficient (Wildman–Crippen LogP) is 3.27. The molecule has 3 nitrogen and oxygen atoms in total. The fourth-order valence-electron chi connectivity index (χ4n) is 4.14. The first-order valence-corrected chi connectivity index (χ1v) is 8.35. The summed E-state index contributed by atoms with van der Waals surface area (Å²) in [5.41, 5.74) is 9.31. The Morgan fingerprint density at radius 3 is 2.62 bits per heavy atom. The molecule has 2 aliphatic rings. The number of benzene rings is 1. The lowest BCUT2D eigenvalue weighted by Crippen LogP contribution is -2.48. The van der Waals surface area contributed by atoms with E-state index < -0.39 is 0 Å². The van der Waals surface area contributed by atoms with Gasteiger partial charge in [-0.1, -0.05) is 25.3 Å². The predicted molar refractivity (Wildman–Crippen MR) is 86.7 cm³/mol. The summed E-state index contributed by atoms with van der Waals surface area (Å²) in [4.78, 5) is 2.58. The van der Waals surface area contributed by atoms with Crippen LogP contribution in [0.1, 0.15) is 55.7 Å². The summed E-state index contributed by atoms with van der Waals surface area (Å²) in [5.74, 6) is 0.921. The summed E-state index contributed by atoms with van der Waals surface area (Å²) >= 11 is 0. The summed E-state index contributed by atoms with van der Waals surface area (Å²) in [7, 11) is 4.01. The van der Waals surface area contributed by atoms with Gasteiger partial charge in [0.25, 0.3) is 0 Å². The largest absolute Gasteiger partial charge is 0.497 e. The van der Waals surface area contributed by atoms with Crippen LogP contribution in [0.15, 0.2) is 18.2 Å². The number of aryl methyl sites for hydroxylation is 1. The Labute approximate surface area is 128 Å². The van der Waals surface area contributed by atoms with E-state index in [1.807, 2.05) is 0 Å². The molecule has 0 bridgehead atoms. The molecular weight excluding hydrogens is 260 g/mol. The molecule has 1 aromatic rings.